The molecule has 8 nitrogen and oxygen atoms in total. The number of hydrogen-bond donors (Lipinski definition) is 2. The van der Waals surface area contributed by atoms with Crippen LogP contribution in [-0.2, 0) is 4.74 Å². The van der Waals surface area contributed by atoms with E-state index in [1.807, 2.05) is 6.92 Å². The summed E-state index contributed by atoms with van der Waals surface area (Å²) in [6, 6.07) is 3.46. The average molecular weight is 329 g/mol. The van der Waals surface area contributed by atoms with Crippen molar-refractivity contribution < 1.29 is 14.3 Å². The molecule has 1 saturated heterocycles. The molecule has 0 aliphatic carbocycles. The van der Waals surface area contributed by atoms with E-state index in [0.29, 0.717) is 36.5 Å². The van der Waals surface area contributed by atoms with Crippen LogP contribution >= 0.6 is 0 Å². The lowest BCUT2D eigenvalue weighted by Gasteiger charge is -2.32. The number of morpholine rings is 1. The predicted molar refractivity (Wildman–Crippen MR) is 85.5 cm³/mol. The molecule has 24 heavy (non-hydrogen) atoms. The number of nitrogens with zero attached hydrogens (tertiary/aromatic N) is 3. The van der Waals surface area contributed by atoms with Gasteiger partial charge in [0.25, 0.3) is 11.8 Å². The summed E-state index contributed by atoms with van der Waals surface area (Å²) in [5.74, 6) is -0.262. The number of amides is 2. The quantitative estimate of drug-likeness (QED) is 0.863. The summed E-state index contributed by atoms with van der Waals surface area (Å²) in [5, 5.41) is 9.22. The first-order valence-electron chi connectivity index (χ1n) is 7.69. The molecule has 126 valence electrons. The van der Waals surface area contributed by atoms with Gasteiger partial charge in [0.1, 0.15) is 6.10 Å². The molecule has 1 fully saturated rings. The summed E-state index contributed by atoms with van der Waals surface area (Å²) < 4.78 is 5.74. The molecule has 0 saturated carbocycles. The fourth-order valence-corrected chi connectivity index (χ4v) is 2.62. The molecule has 2 aromatic rings. The fourth-order valence-electron chi connectivity index (χ4n) is 2.62. The Morgan fingerprint density at radius 2 is 2.21 bits per heavy atom. The van der Waals surface area contributed by atoms with E-state index in [-0.39, 0.29) is 17.9 Å². The van der Waals surface area contributed by atoms with E-state index in [1.54, 1.807) is 30.3 Å². The van der Waals surface area contributed by atoms with Gasteiger partial charge in [0.2, 0.25) is 0 Å². The number of rotatable bonds is 3. The molecule has 0 bridgehead atoms. The molecule has 0 spiro atoms. The van der Waals surface area contributed by atoms with Gasteiger partial charge < -0.3 is 15.0 Å². The van der Waals surface area contributed by atoms with E-state index < -0.39 is 0 Å². The predicted octanol–water partition coefficient (Wildman–Crippen LogP) is 0.686. The lowest BCUT2D eigenvalue weighted by molar-refractivity contribution is -0.0247. The van der Waals surface area contributed by atoms with Gasteiger partial charge >= 0.3 is 0 Å². The number of carbonyl (C=O) groups is 2. The number of aryl methyl sites for hydroxylation is 1. The lowest BCUT2D eigenvalue weighted by atomic mass is 10.1. The molecule has 8 heteroatoms. The minimum atomic E-state index is -0.311. The number of nitrogens with one attached hydrogen (secondary N) is 2. The maximum Gasteiger partial charge on any atom is 0.257 e. The van der Waals surface area contributed by atoms with Crippen molar-refractivity contribution in [3.63, 3.8) is 0 Å². The van der Waals surface area contributed by atoms with Crippen LogP contribution in [0.4, 0.5) is 0 Å². The highest BCUT2D eigenvalue weighted by atomic mass is 16.5. The highest BCUT2D eigenvalue weighted by Gasteiger charge is 2.28. The van der Waals surface area contributed by atoms with Gasteiger partial charge in [-0.25, -0.2) is 0 Å². The van der Waals surface area contributed by atoms with Crippen LogP contribution in [0.1, 0.15) is 38.2 Å². The van der Waals surface area contributed by atoms with E-state index in [0.717, 1.165) is 5.69 Å². The van der Waals surface area contributed by atoms with Crippen molar-refractivity contribution in [2.24, 2.45) is 0 Å². The largest absolute Gasteiger partial charge is 0.368 e. The zero-order valence-corrected chi connectivity index (χ0v) is 13.6. The van der Waals surface area contributed by atoms with Crippen molar-refractivity contribution in [1.82, 2.24) is 25.4 Å². The molecule has 3 rings (SSSR count). The highest BCUT2D eigenvalue weighted by Crippen LogP contribution is 2.22. The van der Waals surface area contributed by atoms with Gasteiger partial charge in [-0.05, 0) is 19.1 Å². The molecule has 1 aliphatic rings. The van der Waals surface area contributed by atoms with Crippen LogP contribution in [0.5, 0.6) is 0 Å². The van der Waals surface area contributed by atoms with Gasteiger partial charge in [0, 0.05) is 25.5 Å². The van der Waals surface area contributed by atoms with E-state index in [1.165, 1.54) is 6.20 Å². The summed E-state index contributed by atoms with van der Waals surface area (Å²) in [4.78, 5) is 30.2. The molecule has 0 unspecified atom stereocenters. The van der Waals surface area contributed by atoms with Gasteiger partial charge in [0.15, 0.2) is 0 Å². The number of hydrogen-bond acceptors (Lipinski definition) is 5. The van der Waals surface area contributed by atoms with Crippen molar-refractivity contribution in [3.8, 4) is 0 Å². The van der Waals surface area contributed by atoms with Crippen LogP contribution in [0.15, 0.2) is 24.5 Å². The summed E-state index contributed by atoms with van der Waals surface area (Å²) in [5.41, 5.74) is 2.50. The normalized spacial score (nSPS) is 17.6. The van der Waals surface area contributed by atoms with Crippen LogP contribution in [-0.4, -0.2) is 58.6 Å². The summed E-state index contributed by atoms with van der Waals surface area (Å²) in [6.45, 7) is 3.19. The summed E-state index contributed by atoms with van der Waals surface area (Å²) in [7, 11) is 1.57. The molecule has 2 N–H and O–H groups in total. The second-order valence-electron chi connectivity index (χ2n) is 5.57. The molecular formula is C16H19N5O3. The first-order chi connectivity index (χ1) is 11.6. The minimum absolute atomic E-state index is 0.0727. The van der Waals surface area contributed by atoms with Crippen molar-refractivity contribution in [2.75, 3.05) is 26.7 Å². The molecule has 0 aromatic carbocycles. The Labute approximate surface area is 139 Å². The number of ether oxygens (including phenoxy) is 1. The zero-order valence-electron chi connectivity index (χ0n) is 13.6. The Morgan fingerprint density at radius 3 is 2.83 bits per heavy atom. The molecule has 2 amide bonds. The van der Waals surface area contributed by atoms with Crippen molar-refractivity contribution in [1.29, 1.82) is 0 Å². The summed E-state index contributed by atoms with van der Waals surface area (Å²) >= 11 is 0. The standard InChI is InChI=1S/C16H19N5O3/c1-10-12(8-19-20-10)16(23)21-5-6-24-14(9-21)13-4-3-11(7-18-13)15(22)17-2/h3-4,7-8,14H,5-6,9H2,1-2H3,(H,17,22)(H,19,20)/t14-/m0/s1. The molecule has 0 radical (unpaired) electrons. The van der Waals surface area contributed by atoms with Gasteiger partial charge in [-0.3, -0.25) is 19.7 Å². The van der Waals surface area contributed by atoms with Crippen molar-refractivity contribution in [2.45, 2.75) is 13.0 Å². The van der Waals surface area contributed by atoms with E-state index >= 15 is 0 Å². The minimum Gasteiger partial charge on any atom is -0.368 e. The molecule has 3 heterocycles. The smallest absolute Gasteiger partial charge is 0.257 e. The maximum atomic E-state index is 12.6. The van der Waals surface area contributed by atoms with Crippen LogP contribution in [0.2, 0.25) is 0 Å². The van der Waals surface area contributed by atoms with Crippen molar-refractivity contribution in [3.05, 3.63) is 47.0 Å². The number of H-pyrrole nitrogens is 1. The molecule has 1 aliphatic heterocycles. The first-order valence-corrected chi connectivity index (χ1v) is 7.69. The molecular weight excluding hydrogens is 310 g/mol. The third-order valence-corrected chi connectivity index (χ3v) is 4.02. The third-order valence-electron chi connectivity index (χ3n) is 4.02. The van der Waals surface area contributed by atoms with Gasteiger partial charge in [-0.15, -0.1) is 0 Å². The average Bonchev–Trinajstić information content (AvgIpc) is 3.06. The summed E-state index contributed by atoms with van der Waals surface area (Å²) in [6.07, 6.45) is 2.74. The van der Waals surface area contributed by atoms with E-state index in [4.69, 9.17) is 4.74 Å². The molecule has 2 aromatic heterocycles. The van der Waals surface area contributed by atoms with Crippen LogP contribution in [0.25, 0.3) is 0 Å². The third kappa shape index (κ3) is 3.13. The van der Waals surface area contributed by atoms with Crippen molar-refractivity contribution >= 4 is 11.8 Å². The second-order valence-corrected chi connectivity index (χ2v) is 5.57. The Bertz CT molecular complexity index is 740. The van der Waals surface area contributed by atoms with Crippen LogP contribution in [0, 0.1) is 6.92 Å². The SMILES string of the molecule is CNC(=O)c1ccc([C@@H]2CN(C(=O)c3cn[nH]c3C)CCO2)nc1. The van der Waals surface area contributed by atoms with E-state index in [9.17, 15) is 9.59 Å². The van der Waals surface area contributed by atoms with Gasteiger partial charge in [-0.1, -0.05) is 0 Å². The Kier molecular flexibility index (Phi) is 4.57. The lowest BCUT2D eigenvalue weighted by Crippen LogP contribution is -2.42. The highest BCUT2D eigenvalue weighted by molar-refractivity contribution is 5.95. The topological polar surface area (TPSA) is 100 Å². The van der Waals surface area contributed by atoms with Gasteiger partial charge in [0.05, 0.1) is 36.2 Å². The monoisotopic (exact) mass is 329 g/mol. The zero-order chi connectivity index (χ0) is 17.1. The van der Waals surface area contributed by atoms with Crippen LogP contribution < -0.4 is 5.32 Å². The number of aromatic amines is 1. The maximum absolute atomic E-state index is 12.6. The fraction of sp³-hybridized carbons (Fsp3) is 0.375. The Hall–Kier alpha value is -2.74. The number of carbonyl (C=O) groups excluding carboxylic acids is 2. The van der Waals surface area contributed by atoms with Crippen LogP contribution in [0.3, 0.4) is 0 Å². The van der Waals surface area contributed by atoms with Gasteiger partial charge in [-0.2, -0.15) is 5.10 Å². The second kappa shape index (κ2) is 6.79. The number of pyridine rings is 1. The first kappa shape index (κ1) is 16.1. The molecule has 1 atom stereocenters. The Balaban J connectivity index is 1.72. The Morgan fingerprint density at radius 1 is 1.38 bits per heavy atom. The van der Waals surface area contributed by atoms with E-state index in [2.05, 4.69) is 20.5 Å². The number of aromatic nitrogens is 3.